The molecule has 1 fully saturated rings. The summed E-state index contributed by atoms with van der Waals surface area (Å²) in [5.41, 5.74) is 6.48. The summed E-state index contributed by atoms with van der Waals surface area (Å²) < 4.78 is 12.5. The number of hydrogen-bond donors (Lipinski definition) is 2. The molecule has 1 aliphatic rings. The molecule has 2 unspecified atom stereocenters. The van der Waals surface area contributed by atoms with Crippen molar-refractivity contribution in [3.63, 3.8) is 0 Å². The summed E-state index contributed by atoms with van der Waals surface area (Å²) in [4.78, 5) is 18.8. The molecule has 2 N–H and O–H groups in total. The van der Waals surface area contributed by atoms with Crippen LogP contribution in [-0.2, 0) is 9.53 Å². The van der Waals surface area contributed by atoms with Crippen molar-refractivity contribution >= 4 is 46.2 Å². The Morgan fingerprint density at radius 1 is 1.07 bits per heavy atom. The maximum Gasteiger partial charge on any atom is 0.250 e. The smallest absolute Gasteiger partial charge is 0.250 e. The lowest BCUT2D eigenvalue weighted by molar-refractivity contribution is -0.119. The number of aryl methyl sites for hydroxylation is 1. The van der Waals surface area contributed by atoms with Gasteiger partial charge >= 0.3 is 0 Å². The number of anilines is 2. The van der Waals surface area contributed by atoms with Crippen LogP contribution in [0.15, 0.2) is 72.9 Å². The van der Waals surface area contributed by atoms with Crippen molar-refractivity contribution in [2.24, 2.45) is 0 Å². The van der Waals surface area contributed by atoms with Crippen LogP contribution >= 0.6 is 23.8 Å². The van der Waals surface area contributed by atoms with Crippen molar-refractivity contribution in [2.45, 2.75) is 25.9 Å². The first-order chi connectivity index (χ1) is 19.3. The molecule has 3 heterocycles. The minimum atomic E-state index is -0.283. The van der Waals surface area contributed by atoms with Gasteiger partial charge in [0.1, 0.15) is 12.4 Å². The highest BCUT2D eigenvalue weighted by molar-refractivity contribution is 7.80. The third-order valence-corrected chi connectivity index (χ3v) is 7.63. The van der Waals surface area contributed by atoms with Crippen molar-refractivity contribution in [2.75, 3.05) is 31.0 Å². The minimum Gasteiger partial charge on any atom is -0.497 e. The van der Waals surface area contributed by atoms with Crippen LogP contribution in [-0.4, -0.2) is 41.4 Å². The predicted molar refractivity (Wildman–Crippen MR) is 162 cm³/mol. The van der Waals surface area contributed by atoms with Crippen molar-refractivity contribution in [3.8, 4) is 11.4 Å². The molecule has 2 aromatic carbocycles. The average Bonchev–Trinajstić information content (AvgIpc) is 3.45. The first-order valence-corrected chi connectivity index (χ1v) is 13.5. The highest BCUT2D eigenvalue weighted by Gasteiger charge is 2.42. The molecule has 4 aromatic rings. The number of carbonyl (C=O) groups is 1. The van der Waals surface area contributed by atoms with Crippen LogP contribution in [0.5, 0.6) is 5.75 Å². The first-order valence-electron chi connectivity index (χ1n) is 12.7. The van der Waals surface area contributed by atoms with Crippen LogP contribution in [0.25, 0.3) is 5.69 Å². The van der Waals surface area contributed by atoms with Crippen molar-refractivity contribution < 1.29 is 14.3 Å². The maximum absolute atomic E-state index is 12.1. The highest BCUT2D eigenvalue weighted by atomic mass is 35.5. The van der Waals surface area contributed by atoms with Gasteiger partial charge in [-0.3, -0.25) is 9.78 Å². The molecule has 40 heavy (non-hydrogen) atoms. The minimum absolute atomic E-state index is 0.0597. The Morgan fingerprint density at radius 2 is 1.82 bits per heavy atom. The summed E-state index contributed by atoms with van der Waals surface area (Å²) in [7, 11) is 3.13. The molecule has 10 heteroatoms. The fourth-order valence-corrected chi connectivity index (χ4v) is 5.81. The molecule has 8 nitrogen and oxygen atoms in total. The second-order valence-corrected chi connectivity index (χ2v) is 10.3. The summed E-state index contributed by atoms with van der Waals surface area (Å²) >= 11 is 12.5. The molecule has 0 saturated carbocycles. The van der Waals surface area contributed by atoms with E-state index in [1.165, 1.54) is 7.11 Å². The summed E-state index contributed by atoms with van der Waals surface area (Å²) in [6.45, 7) is 4.15. The Labute approximate surface area is 243 Å². The van der Waals surface area contributed by atoms with Gasteiger partial charge in [0.25, 0.3) is 0 Å². The number of carbonyl (C=O) groups excluding carboxylic acids is 1. The molecule has 5 rings (SSSR count). The normalized spacial score (nSPS) is 16.6. The lowest BCUT2D eigenvalue weighted by Crippen LogP contribution is -2.29. The van der Waals surface area contributed by atoms with E-state index in [-0.39, 0.29) is 24.6 Å². The number of nitrogens with one attached hydrogen (secondary N) is 2. The van der Waals surface area contributed by atoms with Crippen molar-refractivity contribution in [1.82, 2.24) is 14.9 Å². The number of aromatic nitrogens is 2. The zero-order valence-electron chi connectivity index (χ0n) is 22.6. The Kier molecular flexibility index (Phi) is 8.07. The van der Waals surface area contributed by atoms with Gasteiger partial charge in [-0.2, -0.15) is 0 Å². The van der Waals surface area contributed by atoms with Gasteiger partial charge in [-0.1, -0.05) is 17.7 Å². The van der Waals surface area contributed by atoms with E-state index >= 15 is 0 Å². The fraction of sp³-hybridized carbons (Fsp3) is 0.233. The molecule has 1 aliphatic heterocycles. The number of halogens is 1. The van der Waals surface area contributed by atoms with Gasteiger partial charge in [-0.15, -0.1) is 0 Å². The number of methoxy groups -OCH3 is 2. The summed E-state index contributed by atoms with van der Waals surface area (Å²) in [5, 5.41) is 7.23. The molecule has 2 atom stereocenters. The highest BCUT2D eigenvalue weighted by Crippen LogP contribution is 2.44. The number of ether oxygens (including phenoxy) is 2. The number of rotatable bonds is 8. The Balaban J connectivity index is 1.59. The molecular formula is C30H30ClN5O3S. The van der Waals surface area contributed by atoms with Crippen molar-refractivity contribution in [3.05, 3.63) is 101 Å². The van der Waals surface area contributed by atoms with Crippen LogP contribution < -0.4 is 20.3 Å². The number of pyridine rings is 1. The lowest BCUT2D eigenvalue weighted by Gasteiger charge is -2.28. The van der Waals surface area contributed by atoms with Gasteiger partial charge in [0.2, 0.25) is 5.91 Å². The number of benzene rings is 2. The van der Waals surface area contributed by atoms with E-state index in [4.69, 9.17) is 33.3 Å². The summed E-state index contributed by atoms with van der Waals surface area (Å²) in [5.74, 6) is 0.520. The second-order valence-electron chi connectivity index (χ2n) is 9.50. The fourth-order valence-electron chi connectivity index (χ4n) is 5.24. The number of amides is 1. The second kappa shape index (κ2) is 11.7. The predicted octanol–water partition coefficient (Wildman–Crippen LogP) is 5.91. The zero-order chi connectivity index (χ0) is 28.4. The third kappa shape index (κ3) is 5.28. The van der Waals surface area contributed by atoms with E-state index < -0.39 is 0 Å². The number of nitrogens with zero attached hydrogens (tertiary/aromatic N) is 3. The van der Waals surface area contributed by atoms with E-state index in [2.05, 4.69) is 45.0 Å². The summed E-state index contributed by atoms with van der Waals surface area (Å²) in [6, 6.07) is 21.1. The quantitative estimate of drug-likeness (QED) is 0.253. The molecule has 0 spiro atoms. The van der Waals surface area contributed by atoms with Gasteiger partial charge in [0.05, 0.1) is 35.6 Å². The Hall–Kier alpha value is -3.92. The van der Waals surface area contributed by atoms with Crippen LogP contribution in [0, 0.1) is 13.8 Å². The lowest BCUT2D eigenvalue weighted by atomic mass is 9.96. The molecule has 1 amide bonds. The van der Waals surface area contributed by atoms with Gasteiger partial charge in [-0.05, 0) is 92.3 Å². The SMILES string of the molecule is COCC(=O)Nc1ccc(N2C(=S)NC(c3ccccn3)C2c2cc(C)n(-c3ccc(OC)cc3)c2C)cc1Cl. The van der Waals surface area contributed by atoms with Gasteiger partial charge in [0, 0.05) is 36.1 Å². The van der Waals surface area contributed by atoms with Crippen LogP contribution in [0.3, 0.4) is 0 Å². The molecule has 206 valence electrons. The third-order valence-electron chi connectivity index (χ3n) is 7.00. The van der Waals surface area contributed by atoms with E-state index in [9.17, 15) is 4.79 Å². The zero-order valence-corrected chi connectivity index (χ0v) is 24.2. The standard InChI is InChI=1S/C30H30ClN5O3S/c1-18-15-23(19(2)35(18)20-8-11-22(39-4)12-9-20)29-28(26-7-5-6-14-32-26)34-30(40)36(29)21-10-13-25(24(31)16-21)33-27(37)17-38-3/h5-16,28-29H,17H2,1-4H3,(H,33,37)(H,34,40). The molecule has 1 saturated heterocycles. The Morgan fingerprint density at radius 3 is 2.48 bits per heavy atom. The largest absolute Gasteiger partial charge is 0.497 e. The molecule has 0 radical (unpaired) electrons. The monoisotopic (exact) mass is 575 g/mol. The van der Waals surface area contributed by atoms with E-state index in [0.29, 0.717) is 15.8 Å². The molecule has 2 aromatic heterocycles. The molecular weight excluding hydrogens is 546 g/mol. The van der Waals surface area contributed by atoms with E-state index in [1.807, 2.05) is 54.6 Å². The number of hydrogen-bond acceptors (Lipinski definition) is 5. The van der Waals surface area contributed by atoms with Crippen molar-refractivity contribution in [1.29, 1.82) is 0 Å². The van der Waals surface area contributed by atoms with E-state index in [0.717, 1.165) is 39.8 Å². The molecule has 0 aliphatic carbocycles. The maximum atomic E-state index is 12.1. The first kappa shape index (κ1) is 27.6. The van der Waals surface area contributed by atoms with Crippen LogP contribution in [0.1, 0.15) is 34.7 Å². The van der Waals surface area contributed by atoms with Gasteiger partial charge in [0.15, 0.2) is 5.11 Å². The Bertz CT molecular complexity index is 1540. The molecule has 0 bridgehead atoms. The van der Waals surface area contributed by atoms with Crippen LogP contribution in [0.2, 0.25) is 5.02 Å². The van der Waals surface area contributed by atoms with E-state index in [1.54, 1.807) is 19.4 Å². The van der Waals surface area contributed by atoms with Crippen LogP contribution in [0.4, 0.5) is 11.4 Å². The topological polar surface area (TPSA) is 80.7 Å². The van der Waals surface area contributed by atoms with Gasteiger partial charge < -0.3 is 29.6 Å². The number of thiocarbonyl (C=S) groups is 1. The van der Waals surface area contributed by atoms with Gasteiger partial charge in [-0.25, -0.2) is 0 Å². The summed E-state index contributed by atoms with van der Waals surface area (Å²) in [6.07, 6.45) is 1.79. The average molecular weight is 576 g/mol.